The largest absolute Gasteiger partial charge is 0.374 e. The van der Waals surface area contributed by atoms with Crippen LogP contribution >= 0.6 is 11.6 Å². The summed E-state index contributed by atoms with van der Waals surface area (Å²) in [7, 11) is 0. The van der Waals surface area contributed by atoms with Gasteiger partial charge in [0.2, 0.25) is 0 Å². The third-order valence-electron chi connectivity index (χ3n) is 1.78. The normalized spacial score (nSPS) is 39.0. The van der Waals surface area contributed by atoms with E-state index >= 15 is 0 Å². The average Bonchev–Trinajstić information content (AvgIpc) is 2.14. The van der Waals surface area contributed by atoms with Crippen LogP contribution in [0.25, 0.3) is 0 Å². The van der Waals surface area contributed by atoms with Crippen molar-refractivity contribution < 1.29 is 4.74 Å². The van der Waals surface area contributed by atoms with E-state index in [9.17, 15) is 0 Å². The molecule has 0 bridgehead atoms. The van der Waals surface area contributed by atoms with Gasteiger partial charge in [0.25, 0.3) is 0 Å². The van der Waals surface area contributed by atoms with Crippen LogP contribution in [0.5, 0.6) is 0 Å². The lowest BCUT2D eigenvalue weighted by Gasteiger charge is -2.11. The first-order chi connectivity index (χ1) is 4.20. The predicted octanol–water partition coefficient (Wildman–Crippen LogP) is 2.18. The van der Waals surface area contributed by atoms with Crippen LogP contribution in [-0.4, -0.2) is 17.6 Å². The molecule has 54 valence electrons. The summed E-state index contributed by atoms with van der Waals surface area (Å²) in [6.45, 7) is 4.09. The van der Waals surface area contributed by atoms with Crippen LogP contribution in [0.15, 0.2) is 0 Å². The van der Waals surface area contributed by atoms with Crippen LogP contribution < -0.4 is 0 Å². The van der Waals surface area contributed by atoms with Crippen molar-refractivity contribution in [3.63, 3.8) is 0 Å². The molecule has 0 N–H and O–H groups in total. The van der Waals surface area contributed by atoms with Crippen molar-refractivity contribution >= 4 is 11.6 Å². The Morgan fingerprint density at radius 2 is 2.22 bits per heavy atom. The van der Waals surface area contributed by atoms with Crippen LogP contribution in [0.3, 0.4) is 0 Å². The molecule has 1 aliphatic heterocycles. The third-order valence-corrected chi connectivity index (χ3v) is 2.06. The molecular formula is C7H13ClO. The fraction of sp³-hybridized carbons (Fsp3) is 1.00. The summed E-state index contributed by atoms with van der Waals surface area (Å²) in [6.07, 6.45) is 3.03. The van der Waals surface area contributed by atoms with Crippen LogP contribution in [0.4, 0.5) is 0 Å². The molecular weight excluding hydrogens is 136 g/mol. The number of rotatable bonds is 1. The van der Waals surface area contributed by atoms with Crippen molar-refractivity contribution in [1.29, 1.82) is 0 Å². The first kappa shape index (κ1) is 7.36. The molecule has 1 rings (SSSR count). The van der Waals surface area contributed by atoms with Crippen LogP contribution in [-0.2, 0) is 4.74 Å². The summed E-state index contributed by atoms with van der Waals surface area (Å²) in [4.78, 5) is 0. The lowest BCUT2D eigenvalue weighted by molar-refractivity contribution is 0.0561. The average molecular weight is 149 g/mol. The van der Waals surface area contributed by atoms with E-state index in [1.54, 1.807) is 0 Å². The van der Waals surface area contributed by atoms with E-state index in [1.807, 2.05) is 6.92 Å². The van der Waals surface area contributed by atoms with Gasteiger partial charge in [-0.1, -0.05) is 0 Å². The standard InChI is InChI=1S/C7H13ClO/c1-5-3-4-7(9-5)6(2)8/h5-7H,3-4H2,1-2H3/t5-,6?,7-/m1/s1. The highest BCUT2D eigenvalue weighted by atomic mass is 35.5. The predicted molar refractivity (Wildman–Crippen MR) is 38.9 cm³/mol. The van der Waals surface area contributed by atoms with Gasteiger partial charge >= 0.3 is 0 Å². The smallest absolute Gasteiger partial charge is 0.0740 e. The summed E-state index contributed by atoms with van der Waals surface area (Å²) in [5, 5.41) is 0.176. The molecule has 0 aromatic heterocycles. The number of ether oxygens (including phenoxy) is 1. The van der Waals surface area contributed by atoms with E-state index in [0.29, 0.717) is 12.2 Å². The second-order valence-corrected chi connectivity index (χ2v) is 3.43. The molecule has 1 heterocycles. The van der Waals surface area contributed by atoms with Crippen molar-refractivity contribution in [2.75, 3.05) is 0 Å². The Morgan fingerprint density at radius 3 is 2.44 bits per heavy atom. The van der Waals surface area contributed by atoms with E-state index in [1.165, 1.54) is 6.42 Å². The summed E-state index contributed by atoms with van der Waals surface area (Å²) < 4.78 is 5.49. The van der Waals surface area contributed by atoms with Crippen LogP contribution in [0, 0.1) is 0 Å². The Balaban J connectivity index is 2.30. The number of halogens is 1. The Bertz CT molecular complexity index is 92.9. The first-order valence-electron chi connectivity index (χ1n) is 3.49. The molecule has 0 radical (unpaired) electrons. The lowest BCUT2D eigenvalue weighted by atomic mass is 10.2. The highest BCUT2D eigenvalue weighted by molar-refractivity contribution is 6.20. The second kappa shape index (κ2) is 2.89. The highest BCUT2D eigenvalue weighted by Gasteiger charge is 2.25. The highest BCUT2D eigenvalue weighted by Crippen LogP contribution is 2.23. The van der Waals surface area contributed by atoms with E-state index in [4.69, 9.17) is 16.3 Å². The van der Waals surface area contributed by atoms with Crippen molar-refractivity contribution in [2.24, 2.45) is 0 Å². The van der Waals surface area contributed by atoms with Gasteiger partial charge in [-0.15, -0.1) is 11.6 Å². The molecule has 3 atom stereocenters. The maximum Gasteiger partial charge on any atom is 0.0740 e. The molecule has 9 heavy (non-hydrogen) atoms. The van der Waals surface area contributed by atoms with Gasteiger partial charge in [-0.3, -0.25) is 0 Å². The second-order valence-electron chi connectivity index (χ2n) is 2.74. The van der Waals surface area contributed by atoms with E-state index in [2.05, 4.69) is 6.92 Å². The zero-order chi connectivity index (χ0) is 6.85. The molecule has 0 aromatic carbocycles. The van der Waals surface area contributed by atoms with Crippen molar-refractivity contribution in [1.82, 2.24) is 0 Å². The first-order valence-corrected chi connectivity index (χ1v) is 3.93. The molecule has 1 nitrogen and oxygen atoms in total. The Kier molecular flexibility index (Phi) is 2.36. The maximum absolute atomic E-state index is 5.82. The van der Waals surface area contributed by atoms with E-state index in [0.717, 1.165) is 6.42 Å². The third kappa shape index (κ3) is 1.84. The molecule has 1 unspecified atom stereocenters. The summed E-state index contributed by atoms with van der Waals surface area (Å²) in [5.74, 6) is 0. The molecule has 0 saturated carbocycles. The molecule has 1 fully saturated rings. The number of hydrogen-bond acceptors (Lipinski definition) is 1. The van der Waals surface area contributed by atoms with Crippen molar-refractivity contribution in [3.05, 3.63) is 0 Å². The number of hydrogen-bond donors (Lipinski definition) is 0. The Labute approximate surface area is 61.3 Å². The van der Waals surface area contributed by atoms with Gasteiger partial charge in [0.1, 0.15) is 0 Å². The molecule has 2 heteroatoms. The van der Waals surface area contributed by atoms with Gasteiger partial charge in [-0.05, 0) is 26.7 Å². The van der Waals surface area contributed by atoms with Crippen LogP contribution in [0.2, 0.25) is 0 Å². The maximum atomic E-state index is 5.82. The quantitative estimate of drug-likeness (QED) is 0.518. The van der Waals surface area contributed by atoms with Gasteiger partial charge in [0.15, 0.2) is 0 Å². The number of alkyl halides is 1. The minimum Gasteiger partial charge on any atom is -0.374 e. The Morgan fingerprint density at radius 1 is 1.56 bits per heavy atom. The fourth-order valence-electron chi connectivity index (χ4n) is 1.17. The van der Waals surface area contributed by atoms with Crippen LogP contribution in [0.1, 0.15) is 26.7 Å². The minimum absolute atomic E-state index is 0.176. The zero-order valence-electron chi connectivity index (χ0n) is 5.93. The van der Waals surface area contributed by atoms with Gasteiger partial charge in [-0.25, -0.2) is 0 Å². The minimum atomic E-state index is 0.176. The topological polar surface area (TPSA) is 9.23 Å². The SMILES string of the molecule is CC(Cl)[C@H]1CC[C@@H](C)O1. The summed E-state index contributed by atoms with van der Waals surface area (Å²) >= 11 is 5.82. The molecule has 1 saturated heterocycles. The van der Waals surface area contributed by atoms with E-state index < -0.39 is 0 Å². The molecule has 1 aliphatic rings. The monoisotopic (exact) mass is 148 g/mol. The summed E-state index contributed by atoms with van der Waals surface area (Å²) in [5.41, 5.74) is 0. The zero-order valence-corrected chi connectivity index (χ0v) is 6.69. The molecule has 0 aliphatic carbocycles. The van der Waals surface area contributed by atoms with Gasteiger partial charge in [-0.2, -0.15) is 0 Å². The van der Waals surface area contributed by atoms with Gasteiger partial charge in [0, 0.05) is 0 Å². The van der Waals surface area contributed by atoms with Crippen molar-refractivity contribution in [2.45, 2.75) is 44.3 Å². The lowest BCUT2D eigenvalue weighted by Crippen LogP contribution is -2.17. The van der Waals surface area contributed by atoms with E-state index in [-0.39, 0.29) is 5.38 Å². The summed E-state index contributed by atoms with van der Waals surface area (Å²) in [6, 6.07) is 0. The van der Waals surface area contributed by atoms with Gasteiger partial charge in [0.05, 0.1) is 17.6 Å². The molecule has 0 aromatic rings. The van der Waals surface area contributed by atoms with Crippen molar-refractivity contribution in [3.8, 4) is 0 Å². The van der Waals surface area contributed by atoms with Gasteiger partial charge < -0.3 is 4.74 Å². The Hall–Kier alpha value is 0.250. The molecule has 0 spiro atoms. The molecule has 0 amide bonds. The fourth-order valence-corrected chi connectivity index (χ4v) is 1.36.